The van der Waals surface area contributed by atoms with E-state index in [0.717, 1.165) is 5.56 Å². The van der Waals surface area contributed by atoms with Crippen molar-refractivity contribution in [1.29, 1.82) is 0 Å². The number of benzene rings is 1. The molecule has 38 heavy (non-hydrogen) atoms. The maximum absolute atomic E-state index is 13.0. The number of nitrogens with two attached hydrogens (primary N) is 2. The lowest BCUT2D eigenvalue weighted by atomic mass is 10.0. The summed E-state index contributed by atoms with van der Waals surface area (Å²) < 4.78 is 4.94. The van der Waals surface area contributed by atoms with Crippen LogP contribution in [0.15, 0.2) is 24.3 Å². The van der Waals surface area contributed by atoms with Gasteiger partial charge in [-0.1, -0.05) is 26.0 Å². The maximum atomic E-state index is 13.0. The second-order valence-electron chi connectivity index (χ2n) is 8.73. The summed E-state index contributed by atoms with van der Waals surface area (Å²) in [4.78, 5) is 71.5. The lowest BCUT2D eigenvalue weighted by molar-refractivity contribution is -0.142. The second kappa shape index (κ2) is 16.5. The number of hydrogen-bond acceptors (Lipinski definition) is 8. The molecule has 0 radical (unpaired) electrons. The Morgan fingerprint density at radius 1 is 0.921 bits per heavy atom. The van der Waals surface area contributed by atoms with E-state index in [0.29, 0.717) is 12.1 Å². The Morgan fingerprint density at radius 3 is 2.13 bits per heavy atom. The van der Waals surface area contributed by atoms with Crippen molar-refractivity contribution >= 4 is 41.3 Å². The minimum Gasteiger partial charge on any atom is -0.461 e. The Morgan fingerprint density at radius 2 is 1.58 bits per heavy atom. The molecule has 0 fully saturated rings. The van der Waals surface area contributed by atoms with Crippen LogP contribution in [-0.2, 0) is 35.3 Å². The summed E-state index contributed by atoms with van der Waals surface area (Å²) in [6, 6.07) is 3.89. The van der Waals surface area contributed by atoms with Crippen LogP contribution >= 0.6 is 0 Å². The largest absolute Gasteiger partial charge is 0.461 e. The number of carbonyl (C=O) groups excluding carboxylic acids is 6. The number of rotatable bonds is 15. The van der Waals surface area contributed by atoms with Gasteiger partial charge < -0.3 is 42.8 Å². The molecule has 0 aliphatic heterocycles. The van der Waals surface area contributed by atoms with E-state index in [9.17, 15) is 28.8 Å². The van der Waals surface area contributed by atoms with Crippen LogP contribution in [0.2, 0.25) is 0 Å². The number of ether oxygens (including phenoxy) is 1. The monoisotopic (exact) mass is 535 g/mol. The fourth-order valence-electron chi connectivity index (χ4n) is 3.16. The molecule has 0 saturated carbocycles. The van der Waals surface area contributed by atoms with Gasteiger partial charge in [0.25, 0.3) is 0 Å². The molecule has 2 atom stereocenters. The van der Waals surface area contributed by atoms with E-state index < -0.39 is 47.7 Å². The first-order valence-corrected chi connectivity index (χ1v) is 12.1. The van der Waals surface area contributed by atoms with Crippen LogP contribution in [0.1, 0.15) is 39.2 Å². The minimum absolute atomic E-state index is 0.0906. The highest BCUT2D eigenvalue weighted by atomic mass is 16.5. The summed E-state index contributed by atoms with van der Waals surface area (Å²) in [5.41, 5.74) is 11.4. The molecule has 210 valence electrons. The molecule has 0 bridgehead atoms. The fourth-order valence-corrected chi connectivity index (χ4v) is 3.16. The van der Waals surface area contributed by atoms with Crippen molar-refractivity contribution in [3.63, 3.8) is 0 Å². The van der Waals surface area contributed by atoms with Crippen LogP contribution in [0.25, 0.3) is 0 Å². The van der Waals surface area contributed by atoms with Gasteiger partial charge in [-0.3, -0.25) is 24.0 Å². The lowest BCUT2D eigenvalue weighted by Crippen LogP contribution is -2.55. The first-order chi connectivity index (χ1) is 17.9. The smallest absolute Gasteiger partial charge is 0.312 e. The summed E-state index contributed by atoms with van der Waals surface area (Å²) in [7, 11) is 0. The molecule has 1 rings (SSSR count). The van der Waals surface area contributed by atoms with Gasteiger partial charge in [-0.25, -0.2) is 4.79 Å². The summed E-state index contributed by atoms with van der Waals surface area (Å²) >= 11 is 0. The van der Waals surface area contributed by atoms with Crippen molar-refractivity contribution < 1.29 is 33.5 Å². The van der Waals surface area contributed by atoms with Gasteiger partial charge in [0, 0.05) is 19.2 Å². The van der Waals surface area contributed by atoms with Crippen LogP contribution in [0.5, 0.6) is 0 Å². The number of anilines is 1. The van der Waals surface area contributed by atoms with Crippen LogP contribution < -0.4 is 38.1 Å². The predicted molar refractivity (Wildman–Crippen MR) is 138 cm³/mol. The van der Waals surface area contributed by atoms with Crippen molar-refractivity contribution in [2.45, 2.75) is 52.3 Å². The second-order valence-corrected chi connectivity index (χ2v) is 8.73. The summed E-state index contributed by atoms with van der Waals surface area (Å²) in [5, 5.41) is 12.7. The zero-order chi connectivity index (χ0) is 28.7. The van der Waals surface area contributed by atoms with E-state index in [2.05, 4.69) is 26.6 Å². The van der Waals surface area contributed by atoms with Crippen molar-refractivity contribution in [3.05, 3.63) is 29.8 Å². The number of urea groups is 1. The van der Waals surface area contributed by atoms with Gasteiger partial charge in [0.05, 0.1) is 13.1 Å². The Balaban J connectivity index is 2.90. The van der Waals surface area contributed by atoms with Gasteiger partial charge in [-0.2, -0.15) is 0 Å². The van der Waals surface area contributed by atoms with Gasteiger partial charge in [0.15, 0.2) is 0 Å². The van der Waals surface area contributed by atoms with Crippen LogP contribution in [0, 0.1) is 5.92 Å². The Hall–Kier alpha value is -4.20. The molecular formula is C24H37N7O7. The van der Waals surface area contributed by atoms with Gasteiger partial charge >= 0.3 is 12.0 Å². The van der Waals surface area contributed by atoms with E-state index in [1.54, 1.807) is 38.1 Å². The Bertz CT molecular complexity index is 983. The quantitative estimate of drug-likeness (QED) is 0.107. The maximum Gasteiger partial charge on any atom is 0.312 e. The third-order valence-corrected chi connectivity index (χ3v) is 5.16. The predicted octanol–water partition coefficient (Wildman–Crippen LogP) is -1.16. The number of esters is 1. The number of hydrogen-bond donors (Lipinski definition) is 7. The highest BCUT2D eigenvalue weighted by Crippen LogP contribution is 2.12. The topological polar surface area (TPSA) is 224 Å². The molecule has 14 heteroatoms. The zero-order valence-electron chi connectivity index (χ0n) is 21.8. The Labute approximate surface area is 221 Å². The standard InChI is InChI=1S/C24H37N7O7/c1-14(2)21(31-20(34)12-28-19(33)11-25)23(36)30-18(5-4-10-27-24(26)37)22(35)29-17-8-6-16(7-9-17)13-38-15(3)32/h6-9,14,18,21H,4-5,10-13,25H2,1-3H3,(H,28,33)(H,29,35)(H,30,36)(H,31,34)(H3,26,27,37)/t18-,21-/m1/s1. The van der Waals surface area contributed by atoms with Crippen LogP contribution in [-0.4, -0.2) is 67.3 Å². The molecule has 1 aromatic carbocycles. The number of nitrogens with one attached hydrogen (secondary N) is 5. The van der Waals surface area contributed by atoms with Crippen LogP contribution in [0.4, 0.5) is 10.5 Å². The van der Waals surface area contributed by atoms with Gasteiger partial charge in [0.2, 0.25) is 23.6 Å². The van der Waals surface area contributed by atoms with Gasteiger partial charge in [-0.05, 0) is 36.5 Å². The molecule has 0 aromatic heterocycles. The van der Waals surface area contributed by atoms with E-state index >= 15 is 0 Å². The molecule has 9 N–H and O–H groups in total. The molecule has 0 spiro atoms. The molecule has 1 aromatic rings. The normalized spacial score (nSPS) is 12.0. The number of carbonyl (C=O) groups is 6. The van der Waals surface area contributed by atoms with Gasteiger partial charge in [-0.15, -0.1) is 0 Å². The highest BCUT2D eigenvalue weighted by Gasteiger charge is 2.28. The van der Waals surface area contributed by atoms with E-state index in [1.807, 2.05) is 0 Å². The fraction of sp³-hybridized carbons (Fsp3) is 0.500. The average molecular weight is 536 g/mol. The third kappa shape index (κ3) is 12.7. The highest BCUT2D eigenvalue weighted by molar-refractivity contribution is 5.98. The average Bonchev–Trinajstić information content (AvgIpc) is 2.86. The zero-order valence-corrected chi connectivity index (χ0v) is 21.8. The molecule has 0 unspecified atom stereocenters. The SMILES string of the molecule is CC(=O)OCc1ccc(NC(=O)[C@@H](CCCNC(N)=O)NC(=O)[C@H](NC(=O)CNC(=O)CN)C(C)C)cc1. The molecular weight excluding hydrogens is 498 g/mol. The Kier molecular flexibility index (Phi) is 13.8. The van der Waals surface area contributed by atoms with Crippen molar-refractivity contribution in [3.8, 4) is 0 Å². The number of primary amides is 1. The molecule has 14 nitrogen and oxygen atoms in total. The number of amides is 6. The first kappa shape index (κ1) is 31.8. The van der Waals surface area contributed by atoms with Crippen LogP contribution in [0.3, 0.4) is 0 Å². The van der Waals surface area contributed by atoms with Gasteiger partial charge in [0.1, 0.15) is 18.7 Å². The molecule has 6 amide bonds. The molecule has 0 saturated heterocycles. The summed E-state index contributed by atoms with van der Waals surface area (Å²) in [6.07, 6.45) is 0.486. The van der Waals surface area contributed by atoms with E-state index in [-0.39, 0.29) is 38.6 Å². The minimum atomic E-state index is -1.01. The lowest BCUT2D eigenvalue weighted by Gasteiger charge is -2.25. The third-order valence-electron chi connectivity index (χ3n) is 5.16. The summed E-state index contributed by atoms with van der Waals surface area (Å²) in [5.74, 6) is -2.99. The van der Waals surface area contributed by atoms with Crippen molar-refractivity contribution in [2.24, 2.45) is 17.4 Å². The van der Waals surface area contributed by atoms with E-state index in [1.165, 1.54) is 6.92 Å². The molecule has 0 heterocycles. The van der Waals surface area contributed by atoms with Crippen molar-refractivity contribution in [2.75, 3.05) is 25.0 Å². The first-order valence-electron chi connectivity index (χ1n) is 12.1. The summed E-state index contributed by atoms with van der Waals surface area (Å²) in [6.45, 7) is 4.37. The van der Waals surface area contributed by atoms with E-state index in [4.69, 9.17) is 16.2 Å². The molecule has 0 aliphatic carbocycles. The molecule has 0 aliphatic rings. The van der Waals surface area contributed by atoms with Crippen molar-refractivity contribution in [1.82, 2.24) is 21.3 Å².